The smallest absolute Gasteiger partial charge is 0.0665 e. The number of rotatable bonds is 5. The van der Waals surface area contributed by atoms with Crippen molar-refractivity contribution in [3.63, 3.8) is 0 Å². The van der Waals surface area contributed by atoms with Crippen LogP contribution in [-0.2, 0) is 0 Å². The number of nitrogens with zero attached hydrogens (tertiary/aromatic N) is 1. The van der Waals surface area contributed by atoms with E-state index in [2.05, 4.69) is 128 Å². The number of thiophene rings is 1. The summed E-state index contributed by atoms with van der Waals surface area (Å²) in [6, 6.07) is 43.5. The maximum Gasteiger partial charge on any atom is 0.0665 e. The zero-order valence-electron chi connectivity index (χ0n) is 21.3. The van der Waals surface area contributed by atoms with Crippen LogP contribution in [0.2, 0.25) is 0 Å². The maximum atomic E-state index is 5.15. The molecule has 0 amide bonds. The van der Waals surface area contributed by atoms with Gasteiger partial charge >= 0.3 is 0 Å². The minimum atomic E-state index is 0.301. The molecule has 0 bridgehead atoms. The Morgan fingerprint density at radius 2 is 1.37 bits per heavy atom. The molecule has 38 heavy (non-hydrogen) atoms. The molecule has 1 aromatic heterocycles. The average Bonchev–Trinajstić information content (AvgIpc) is 3.51. The lowest BCUT2D eigenvalue weighted by Gasteiger charge is -2.13. The van der Waals surface area contributed by atoms with Crippen LogP contribution in [0.3, 0.4) is 0 Å². The van der Waals surface area contributed by atoms with Crippen molar-refractivity contribution in [3.05, 3.63) is 150 Å². The van der Waals surface area contributed by atoms with Crippen LogP contribution in [0.4, 0.5) is 0 Å². The number of fused-ring (bicyclic) bond motifs is 7. The van der Waals surface area contributed by atoms with Crippen molar-refractivity contribution < 1.29 is 0 Å². The van der Waals surface area contributed by atoms with Crippen LogP contribution in [0.15, 0.2) is 132 Å². The van der Waals surface area contributed by atoms with Gasteiger partial charge in [0, 0.05) is 31.8 Å². The summed E-state index contributed by atoms with van der Waals surface area (Å²) in [6.07, 6.45) is 3.24. The van der Waals surface area contributed by atoms with Crippen LogP contribution in [-0.4, -0.2) is 5.71 Å². The summed E-state index contributed by atoms with van der Waals surface area (Å²) in [7, 11) is 0. The highest BCUT2D eigenvalue weighted by Crippen LogP contribution is 2.52. The first-order valence-electron chi connectivity index (χ1n) is 13.2. The molecule has 1 aliphatic rings. The van der Waals surface area contributed by atoms with E-state index >= 15 is 0 Å². The summed E-state index contributed by atoms with van der Waals surface area (Å²) < 4.78 is 2.72. The van der Waals surface area contributed by atoms with Crippen LogP contribution in [0.5, 0.6) is 0 Å². The van der Waals surface area contributed by atoms with Crippen LogP contribution >= 0.6 is 11.3 Å². The normalized spacial score (nSPS) is 15.1. The molecule has 0 N–H and O–H groups in total. The highest BCUT2D eigenvalue weighted by molar-refractivity contribution is 7.25. The molecule has 1 atom stereocenters. The summed E-state index contributed by atoms with van der Waals surface area (Å²) in [4.78, 5) is 5.15. The fourth-order valence-corrected chi connectivity index (χ4v) is 6.97. The van der Waals surface area contributed by atoms with E-state index in [0.29, 0.717) is 5.92 Å². The van der Waals surface area contributed by atoms with E-state index in [0.717, 1.165) is 29.0 Å². The van der Waals surface area contributed by atoms with E-state index < -0.39 is 0 Å². The predicted octanol–water partition coefficient (Wildman–Crippen LogP) is 10.1. The molecule has 2 heteroatoms. The topological polar surface area (TPSA) is 12.4 Å². The summed E-state index contributed by atoms with van der Waals surface area (Å²) in [5.74, 6) is 0.301. The predicted molar refractivity (Wildman–Crippen MR) is 164 cm³/mol. The van der Waals surface area contributed by atoms with Crippen molar-refractivity contribution in [2.45, 2.75) is 19.3 Å². The zero-order chi connectivity index (χ0) is 25.5. The van der Waals surface area contributed by atoms with Gasteiger partial charge in [0.2, 0.25) is 0 Å². The lowest BCUT2D eigenvalue weighted by atomic mass is 9.92. The van der Waals surface area contributed by atoms with Gasteiger partial charge in [0.15, 0.2) is 0 Å². The van der Waals surface area contributed by atoms with E-state index in [4.69, 9.17) is 4.99 Å². The third-order valence-electron chi connectivity index (χ3n) is 7.65. The number of hydrogen-bond acceptors (Lipinski definition) is 2. The van der Waals surface area contributed by atoms with Gasteiger partial charge in [0.25, 0.3) is 0 Å². The quantitative estimate of drug-likeness (QED) is 0.207. The zero-order valence-corrected chi connectivity index (χ0v) is 22.1. The molecule has 0 fully saturated rings. The molecule has 0 saturated heterocycles. The van der Waals surface area contributed by atoms with Gasteiger partial charge in [-0.2, -0.15) is 0 Å². The maximum absolute atomic E-state index is 5.15. The number of benzene rings is 5. The van der Waals surface area contributed by atoms with Gasteiger partial charge in [-0.15, -0.1) is 11.3 Å². The van der Waals surface area contributed by atoms with E-state index in [1.54, 1.807) is 0 Å². The fraction of sp³-hybridized carbons (Fsp3) is 0.0833. The summed E-state index contributed by atoms with van der Waals surface area (Å²) >= 11 is 1.89. The van der Waals surface area contributed by atoms with E-state index in [9.17, 15) is 0 Å². The minimum Gasteiger partial charge on any atom is -0.253 e. The Bertz CT molecular complexity index is 1840. The van der Waals surface area contributed by atoms with E-state index in [1.165, 1.54) is 42.4 Å². The van der Waals surface area contributed by atoms with Crippen molar-refractivity contribution in [2.24, 2.45) is 4.99 Å². The van der Waals surface area contributed by atoms with Crippen LogP contribution < -0.4 is 0 Å². The van der Waals surface area contributed by atoms with Crippen LogP contribution in [0.1, 0.15) is 41.5 Å². The van der Waals surface area contributed by atoms with Crippen molar-refractivity contribution in [3.8, 4) is 11.1 Å². The molecule has 1 nitrogen and oxygen atoms in total. The third kappa shape index (κ3) is 3.89. The largest absolute Gasteiger partial charge is 0.253 e. The lowest BCUT2D eigenvalue weighted by Crippen LogP contribution is -1.98. The Morgan fingerprint density at radius 3 is 2.18 bits per heavy atom. The molecule has 0 saturated carbocycles. The Morgan fingerprint density at radius 1 is 0.684 bits per heavy atom. The molecule has 1 heterocycles. The Labute approximate surface area is 227 Å². The molecule has 1 aliphatic carbocycles. The molecule has 0 spiro atoms. The van der Waals surface area contributed by atoms with Gasteiger partial charge in [0.05, 0.1) is 5.70 Å². The van der Waals surface area contributed by atoms with Crippen molar-refractivity contribution in [1.82, 2.24) is 0 Å². The van der Waals surface area contributed by atoms with Crippen LogP contribution in [0.25, 0.3) is 37.0 Å². The molecule has 0 radical (unpaired) electrons. The Balaban J connectivity index is 1.37. The lowest BCUT2D eigenvalue weighted by molar-refractivity contribution is 0.855. The summed E-state index contributed by atoms with van der Waals surface area (Å²) in [5.41, 5.74) is 9.98. The molecule has 5 aromatic carbocycles. The number of aliphatic imine (C=N–C) groups is 1. The molecular formula is C36H27NS. The second-order valence-corrected chi connectivity index (χ2v) is 11.0. The van der Waals surface area contributed by atoms with Gasteiger partial charge in [-0.05, 0) is 58.9 Å². The first kappa shape index (κ1) is 22.9. The van der Waals surface area contributed by atoms with Gasteiger partial charge in [0.1, 0.15) is 0 Å². The third-order valence-corrected chi connectivity index (χ3v) is 8.79. The van der Waals surface area contributed by atoms with Crippen molar-refractivity contribution in [1.29, 1.82) is 0 Å². The summed E-state index contributed by atoms with van der Waals surface area (Å²) in [5, 5.41) is 2.77. The Kier molecular flexibility index (Phi) is 5.76. The molecular weight excluding hydrogens is 478 g/mol. The van der Waals surface area contributed by atoms with Crippen LogP contribution in [0, 0.1) is 0 Å². The second-order valence-electron chi connectivity index (χ2n) is 9.90. The average molecular weight is 506 g/mol. The number of hydrogen-bond donors (Lipinski definition) is 0. The van der Waals surface area contributed by atoms with E-state index in [1.807, 2.05) is 17.4 Å². The van der Waals surface area contributed by atoms with E-state index in [-0.39, 0.29) is 0 Å². The highest BCUT2D eigenvalue weighted by Gasteiger charge is 2.30. The first-order chi connectivity index (χ1) is 18.8. The van der Waals surface area contributed by atoms with Crippen molar-refractivity contribution >= 4 is 42.9 Å². The highest BCUT2D eigenvalue weighted by atomic mass is 32.1. The Hall–Kier alpha value is -4.27. The standard InChI is InChI=1S/C36H27NS/c1-24(25-12-4-2-5-13-25)37-32(26-14-6-3-7-15-26)22-20-28-27-16-8-9-17-29(27)35-30(28)21-23-34-36(35)31-18-10-11-19-33(31)38-34/h2-19,21-23,28H,20H2,1H3/b32-22-,37-24?. The number of allylic oxidation sites excluding steroid dienone is 1. The monoisotopic (exact) mass is 505 g/mol. The molecule has 6 aromatic rings. The first-order valence-corrected chi connectivity index (χ1v) is 14.0. The molecule has 0 aliphatic heterocycles. The SMILES string of the molecule is CC(=N/C(=C\CC1c2ccccc2-c2c1ccc1sc3ccccc3c21)c1ccccc1)c1ccccc1. The van der Waals surface area contributed by atoms with Crippen molar-refractivity contribution in [2.75, 3.05) is 0 Å². The minimum absolute atomic E-state index is 0.301. The van der Waals surface area contributed by atoms with Gasteiger partial charge < -0.3 is 0 Å². The summed E-state index contributed by atoms with van der Waals surface area (Å²) in [6.45, 7) is 2.10. The van der Waals surface area contributed by atoms with Gasteiger partial charge in [-0.1, -0.05) is 115 Å². The van der Waals surface area contributed by atoms with Gasteiger partial charge in [-0.3, -0.25) is 4.99 Å². The fourth-order valence-electron chi connectivity index (χ4n) is 5.85. The molecule has 182 valence electrons. The van der Waals surface area contributed by atoms with Gasteiger partial charge in [-0.25, -0.2) is 0 Å². The molecule has 1 unspecified atom stereocenters. The second kappa shape index (κ2) is 9.55. The molecule has 7 rings (SSSR count).